The summed E-state index contributed by atoms with van der Waals surface area (Å²) in [7, 11) is 0. The highest BCUT2D eigenvalue weighted by Gasteiger charge is 2.26. The minimum atomic E-state index is -0.523. The molecule has 3 rings (SSSR count). The number of hydrogen-bond acceptors (Lipinski definition) is 5. The fourth-order valence-corrected chi connectivity index (χ4v) is 2.53. The van der Waals surface area contributed by atoms with Gasteiger partial charge < -0.3 is 15.6 Å². The second kappa shape index (κ2) is 5.61. The first-order valence-corrected chi connectivity index (χ1v) is 7.77. The highest BCUT2D eigenvalue weighted by Crippen LogP contribution is 2.31. The van der Waals surface area contributed by atoms with E-state index in [1.54, 1.807) is 11.3 Å². The van der Waals surface area contributed by atoms with Crippen LogP contribution in [0.4, 0.5) is 5.69 Å². The Morgan fingerprint density at radius 2 is 2.22 bits per heavy atom. The summed E-state index contributed by atoms with van der Waals surface area (Å²) in [5.74, 6) is -0.236. The van der Waals surface area contributed by atoms with E-state index in [4.69, 9.17) is 10.6 Å². The van der Waals surface area contributed by atoms with Crippen molar-refractivity contribution in [1.82, 2.24) is 15.0 Å². The number of carbonyl (C=O) groups excluding carboxylic acids is 1. The van der Waals surface area contributed by atoms with Gasteiger partial charge in [0.05, 0.1) is 23.8 Å². The predicted octanol–water partition coefficient (Wildman–Crippen LogP) is 3.09. The van der Waals surface area contributed by atoms with Crippen LogP contribution in [0.15, 0.2) is 24.7 Å². The van der Waals surface area contributed by atoms with Crippen molar-refractivity contribution >= 4 is 28.3 Å². The average Bonchev–Trinajstić information content (AvgIpc) is 2.89. The lowest BCUT2D eigenvalue weighted by Gasteiger charge is -2.28. The lowest BCUT2D eigenvalue weighted by atomic mass is 9.97. The van der Waals surface area contributed by atoms with Crippen molar-refractivity contribution in [1.29, 1.82) is 0 Å². The number of nitrogens with zero attached hydrogens (tertiary/aromatic N) is 2. The zero-order valence-electron chi connectivity index (χ0n) is 13.7. The van der Waals surface area contributed by atoms with Crippen molar-refractivity contribution in [3.05, 3.63) is 30.2 Å². The van der Waals surface area contributed by atoms with Crippen LogP contribution in [0, 0.1) is 5.41 Å². The Labute approximate surface area is 135 Å². The standard InChI is InChI=1S/C17H22N4O2/c1-17(2,3)16(22)23-21-6-4-5-11(10-21)14-9-20-15-13(14)7-12(18)8-19-15/h7-10H,4-6,18H2,1-3H3,(H,19,20). The van der Waals surface area contributed by atoms with Gasteiger partial charge in [-0.15, -0.1) is 0 Å². The molecule has 2 aromatic rings. The number of H-pyrrole nitrogens is 1. The first-order valence-electron chi connectivity index (χ1n) is 7.77. The molecule has 122 valence electrons. The Bertz CT molecular complexity index is 770. The van der Waals surface area contributed by atoms with Crippen LogP contribution in [0.3, 0.4) is 0 Å². The number of nitrogens with two attached hydrogens (primary N) is 1. The molecule has 3 heterocycles. The number of pyridine rings is 1. The minimum absolute atomic E-state index is 0.236. The summed E-state index contributed by atoms with van der Waals surface area (Å²) in [6.07, 6.45) is 7.31. The third kappa shape index (κ3) is 3.16. The number of nitrogen functional groups attached to an aromatic ring is 1. The molecule has 23 heavy (non-hydrogen) atoms. The van der Waals surface area contributed by atoms with Gasteiger partial charge >= 0.3 is 5.97 Å². The molecule has 2 aromatic heterocycles. The number of allylic oxidation sites excluding steroid dienone is 1. The average molecular weight is 314 g/mol. The van der Waals surface area contributed by atoms with Crippen LogP contribution in [0.2, 0.25) is 0 Å². The minimum Gasteiger partial charge on any atom is -0.397 e. The molecule has 6 heteroatoms. The topological polar surface area (TPSA) is 84.2 Å². The van der Waals surface area contributed by atoms with Gasteiger partial charge in [-0.25, -0.2) is 14.8 Å². The van der Waals surface area contributed by atoms with Crippen molar-refractivity contribution in [3.63, 3.8) is 0 Å². The van der Waals surface area contributed by atoms with Gasteiger partial charge in [0.2, 0.25) is 0 Å². The van der Waals surface area contributed by atoms with Crippen molar-refractivity contribution in [2.24, 2.45) is 5.41 Å². The van der Waals surface area contributed by atoms with Crippen LogP contribution in [0.5, 0.6) is 0 Å². The van der Waals surface area contributed by atoms with E-state index in [-0.39, 0.29) is 5.97 Å². The molecule has 0 radical (unpaired) electrons. The maximum absolute atomic E-state index is 12.1. The number of rotatable bonds is 2. The summed E-state index contributed by atoms with van der Waals surface area (Å²) in [6, 6.07) is 1.91. The second-order valence-corrected chi connectivity index (χ2v) is 6.89. The smallest absolute Gasteiger partial charge is 0.337 e. The third-order valence-corrected chi connectivity index (χ3v) is 3.84. The summed E-state index contributed by atoms with van der Waals surface area (Å²) in [5, 5.41) is 2.62. The predicted molar refractivity (Wildman–Crippen MR) is 90.0 cm³/mol. The Hall–Kier alpha value is -2.50. The van der Waals surface area contributed by atoms with Crippen LogP contribution >= 0.6 is 0 Å². The molecule has 1 aliphatic heterocycles. The van der Waals surface area contributed by atoms with Crippen molar-refractivity contribution in [2.45, 2.75) is 33.6 Å². The van der Waals surface area contributed by atoms with Gasteiger partial charge in [0, 0.05) is 23.3 Å². The summed E-state index contributed by atoms with van der Waals surface area (Å²) < 4.78 is 0. The van der Waals surface area contributed by atoms with Gasteiger partial charge in [-0.1, -0.05) is 0 Å². The van der Waals surface area contributed by atoms with Gasteiger partial charge in [-0.3, -0.25) is 0 Å². The number of aromatic amines is 1. The monoisotopic (exact) mass is 314 g/mol. The van der Waals surface area contributed by atoms with E-state index in [1.807, 2.05) is 39.2 Å². The SMILES string of the molecule is CC(C)(C)C(=O)ON1C=C(c2c[nH]c3ncc(N)cc23)CCC1. The van der Waals surface area contributed by atoms with Crippen molar-refractivity contribution in [2.75, 3.05) is 12.3 Å². The number of aromatic nitrogens is 2. The largest absolute Gasteiger partial charge is 0.397 e. The van der Waals surface area contributed by atoms with Crippen LogP contribution in [0.25, 0.3) is 16.6 Å². The molecule has 3 N–H and O–H groups in total. The summed E-state index contributed by atoms with van der Waals surface area (Å²) in [4.78, 5) is 25.0. The summed E-state index contributed by atoms with van der Waals surface area (Å²) >= 11 is 0. The lowest BCUT2D eigenvalue weighted by molar-refractivity contribution is -0.188. The maximum Gasteiger partial charge on any atom is 0.337 e. The van der Waals surface area contributed by atoms with E-state index in [1.165, 1.54) is 0 Å². The maximum atomic E-state index is 12.1. The van der Waals surface area contributed by atoms with Crippen LogP contribution in [-0.4, -0.2) is 27.5 Å². The molecule has 0 fully saturated rings. The molecule has 0 aliphatic carbocycles. The Balaban J connectivity index is 1.89. The number of anilines is 1. The first kappa shape index (κ1) is 15.4. The van der Waals surface area contributed by atoms with Gasteiger partial charge in [0.25, 0.3) is 0 Å². The molecule has 1 aliphatic rings. The van der Waals surface area contributed by atoms with E-state index in [2.05, 4.69) is 9.97 Å². The highest BCUT2D eigenvalue weighted by molar-refractivity contribution is 5.92. The molecular weight excluding hydrogens is 292 g/mol. The molecule has 0 bridgehead atoms. The molecule has 6 nitrogen and oxygen atoms in total. The van der Waals surface area contributed by atoms with Crippen LogP contribution in [0.1, 0.15) is 39.2 Å². The van der Waals surface area contributed by atoms with Gasteiger partial charge in [-0.05, 0) is 45.3 Å². The fourth-order valence-electron chi connectivity index (χ4n) is 2.53. The number of fused-ring (bicyclic) bond motifs is 1. The highest BCUT2D eigenvalue weighted by atomic mass is 16.7. The quantitative estimate of drug-likeness (QED) is 0.890. The van der Waals surface area contributed by atoms with E-state index >= 15 is 0 Å². The fraction of sp³-hybridized carbons (Fsp3) is 0.412. The first-order chi connectivity index (χ1) is 10.8. The van der Waals surface area contributed by atoms with E-state index in [0.717, 1.165) is 35.0 Å². The zero-order chi connectivity index (χ0) is 16.6. The van der Waals surface area contributed by atoms with E-state index in [0.29, 0.717) is 12.2 Å². The third-order valence-electron chi connectivity index (χ3n) is 3.84. The molecule has 0 saturated carbocycles. The Morgan fingerprint density at radius 1 is 1.43 bits per heavy atom. The second-order valence-electron chi connectivity index (χ2n) is 6.89. The van der Waals surface area contributed by atoms with Crippen molar-refractivity contribution < 1.29 is 9.63 Å². The molecule has 0 aromatic carbocycles. The van der Waals surface area contributed by atoms with E-state index in [9.17, 15) is 4.79 Å². The summed E-state index contributed by atoms with van der Waals surface area (Å²) in [5.41, 5.74) is 8.92. The number of nitrogens with one attached hydrogen (secondary N) is 1. The zero-order valence-corrected chi connectivity index (χ0v) is 13.7. The number of hydroxylamine groups is 2. The molecule has 0 saturated heterocycles. The molecule has 0 atom stereocenters. The van der Waals surface area contributed by atoms with Gasteiger partial charge in [0.1, 0.15) is 5.65 Å². The molecule has 0 unspecified atom stereocenters. The molecular formula is C17H22N4O2. The molecule has 0 spiro atoms. The van der Waals surface area contributed by atoms with Crippen molar-refractivity contribution in [3.8, 4) is 0 Å². The normalized spacial score (nSPS) is 15.6. The van der Waals surface area contributed by atoms with E-state index < -0.39 is 5.41 Å². The Kier molecular flexibility index (Phi) is 3.75. The molecule has 0 amide bonds. The van der Waals surface area contributed by atoms with Gasteiger partial charge in [-0.2, -0.15) is 0 Å². The summed E-state index contributed by atoms with van der Waals surface area (Å²) in [6.45, 7) is 6.24. The van der Waals surface area contributed by atoms with Gasteiger partial charge in [0.15, 0.2) is 0 Å². The number of carbonyl (C=O) groups is 1. The number of hydrogen-bond donors (Lipinski definition) is 2. The Morgan fingerprint density at radius 3 is 2.96 bits per heavy atom. The lowest BCUT2D eigenvalue weighted by Crippen LogP contribution is -2.32. The van der Waals surface area contributed by atoms with Crippen LogP contribution < -0.4 is 5.73 Å². The van der Waals surface area contributed by atoms with Crippen LogP contribution in [-0.2, 0) is 9.63 Å².